The number of carbonyl (C=O) groups excluding carboxylic acids is 1. The molecule has 5 nitrogen and oxygen atoms in total. The van der Waals surface area contributed by atoms with Crippen LogP contribution in [0.5, 0.6) is 0 Å². The Kier molecular flexibility index (Phi) is 4.26. The summed E-state index contributed by atoms with van der Waals surface area (Å²) in [6.45, 7) is 0. The number of aromatic nitrogens is 3. The Morgan fingerprint density at radius 2 is 1.91 bits per heavy atom. The van der Waals surface area contributed by atoms with Crippen LogP contribution in [0.4, 0.5) is 13.9 Å². The minimum Gasteiger partial charge on any atom is -0.296 e. The van der Waals surface area contributed by atoms with Gasteiger partial charge in [-0.05, 0) is 24.3 Å². The lowest BCUT2D eigenvalue weighted by atomic mass is 10.2. The van der Waals surface area contributed by atoms with Gasteiger partial charge in [0.25, 0.3) is 5.91 Å². The van der Waals surface area contributed by atoms with Gasteiger partial charge in [-0.3, -0.25) is 10.1 Å². The fourth-order valence-corrected chi connectivity index (χ4v) is 2.58. The Morgan fingerprint density at radius 1 is 1.17 bits per heavy atom. The highest BCUT2D eigenvalue weighted by molar-refractivity contribution is 7.10. The van der Waals surface area contributed by atoms with Crippen LogP contribution in [0.25, 0.3) is 11.4 Å². The molecule has 2 aromatic heterocycles. The van der Waals surface area contributed by atoms with Gasteiger partial charge in [0.05, 0.1) is 11.1 Å². The van der Waals surface area contributed by atoms with Crippen molar-refractivity contribution in [3.63, 3.8) is 0 Å². The van der Waals surface area contributed by atoms with E-state index in [1.54, 1.807) is 6.07 Å². The third-order valence-electron chi connectivity index (χ3n) is 2.84. The second-order valence-electron chi connectivity index (χ2n) is 4.32. The predicted molar refractivity (Wildman–Crippen MR) is 82.5 cm³/mol. The highest BCUT2D eigenvalue weighted by atomic mass is 35.5. The maximum Gasteiger partial charge on any atom is 0.260 e. The molecule has 0 fully saturated rings. The van der Waals surface area contributed by atoms with E-state index >= 15 is 0 Å². The molecule has 0 saturated heterocycles. The molecule has 0 atom stereocenters. The molecular weight excluding hydrogens is 346 g/mol. The van der Waals surface area contributed by atoms with Crippen molar-refractivity contribution in [3.8, 4) is 11.4 Å². The summed E-state index contributed by atoms with van der Waals surface area (Å²) in [6.07, 6.45) is 1.45. The summed E-state index contributed by atoms with van der Waals surface area (Å²) in [5.74, 6) is -2.25. The Labute approximate surface area is 138 Å². The lowest BCUT2D eigenvalue weighted by molar-refractivity contribution is 0.102. The van der Waals surface area contributed by atoms with Crippen molar-refractivity contribution in [3.05, 3.63) is 58.9 Å². The van der Waals surface area contributed by atoms with Crippen molar-refractivity contribution in [2.24, 2.45) is 0 Å². The summed E-state index contributed by atoms with van der Waals surface area (Å²) in [5, 5.41) is 2.59. The highest BCUT2D eigenvalue weighted by Crippen LogP contribution is 2.26. The summed E-state index contributed by atoms with van der Waals surface area (Å²) >= 11 is 6.63. The van der Waals surface area contributed by atoms with Crippen molar-refractivity contribution < 1.29 is 13.6 Å². The Balaban J connectivity index is 1.86. The Bertz CT molecular complexity index is 866. The molecule has 9 heteroatoms. The van der Waals surface area contributed by atoms with Gasteiger partial charge in [0, 0.05) is 17.7 Å². The number of carbonyl (C=O) groups is 1. The average Bonchev–Trinajstić information content (AvgIpc) is 2.95. The van der Waals surface area contributed by atoms with E-state index in [9.17, 15) is 13.6 Å². The van der Waals surface area contributed by atoms with Gasteiger partial charge in [0.2, 0.25) is 5.13 Å². The number of halogens is 3. The number of benzene rings is 1. The summed E-state index contributed by atoms with van der Waals surface area (Å²) in [7, 11) is 0. The predicted octanol–water partition coefficient (Wildman–Crippen LogP) is 3.78. The highest BCUT2D eigenvalue weighted by Gasteiger charge is 2.18. The van der Waals surface area contributed by atoms with Crippen LogP contribution in [-0.4, -0.2) is 20.2 Å². The van der Waals surface area contributed by atoms with Crippen LogP contribution in [-0.2, 0) is 0 Å². The molecule has 2 heterocycles. The van der Waals surface area contributed by atoms with Crippen molar-refractivity contribution in [1.82, 2.24) is 14.3 Å². The molecule has 3 rings (SSSR count). The first kappa shape index (κ1) is 15.4. The Morgan fingerprint density at radius 3 is 2.61 bits per heavy atom. The van der Waals surface area contributed by atoms with Crippen LogP contribution in [0.15, 0.2) is 36.5 Å². The molecule has 0 aliphatic rings. The fourth-order valence-electron chi connectivity index (χ4n) is 1.81. The minimum absolute atomic E-state index is 0.0369. The van der Waals surface area contributed by atoms with Crippen LogP contribution in [0.1, 0.15) is 10.4 Å². The second kappa shape index (κ2) is 6.35. The van der Waals surface area contributed by atoms with E-state index in [2.05, 4.69) is 19.7 Å². The molecule has 0 saturated carbocycles. The number of pyridine rings is 1. The lowest BCUT2D eigenvalue weighted by Gasteiger charge is -2.02. The maximum absolute atomic E-state index is 13.7. The van der Waals surface area contributed by atoms with E-state index in [0.717, 1.165) is 23.7 Å². The maximum atomic E-state index is 13.7. The van der Waals surface area contributed by atoms with Gasteiger partial charge in [-0.15, -0.1) is 0 Å². The lowest BCUT2D eigenvalue weighted by Crippen LogP contribution is -2.12. The minimum atomic E-state index is -0.781. The molecule has 0 bridgehead atoms. The van der Waals surface area contributed by atoms with Crippen molar-refractivity contribution in [1.29, 1.82) is 0 Å². The van der Waals surface area contributed by atoms with Gasteiger partial charge >= 0.3 is 0 Å². The first-order valence-corrected chi connectivity index (χ1v) is 7.41. The zero-order chi connectivity index (χ0) is 16.4. The SMILES string of the molecule is O=C(Nc1nc(-c2c(F)cccc2F)ns1)c1cccnc1Cl. The largest absolute Gasteiger partial charge is 0.296 e. The van der Waals surface area contributed by atoms with E-state index in [0.29, 0.717) is 0 Å². The van der Waals surface area contributed by atoms with Gasteiger partial charge in [-0.25, -0.2) is 13.8 Å². The van der Waals surface area contributed by atoms with Crippen LogP contribution in [0, 0.1) is 11.6 Å². The molecule has 23 heavy (non-hydrogen) atoms. The summed E-state index contributed by atoms with van der Waals surface area (Å²) in [5.41, 5.74) is -0.188. The number of nitrogens with one attached hydrogen (secondary N) is 1. The van der Waals surface area contributed by atoms with Gasteiger partial charge in [-0.1, -0.05) is 17.7 Å². The number of hydrogen-bond acceptors (Lipinski definition) is 5. The smallest absolute Gasteiger partial charge is 0.260 e. The summed E-state index contributed by atoms with van der Waals surface area (Å²) in [6, 6.07) is 6.50. The van der Waals surface area contributed by atoms with Crippen LogP contribution >= 0.6 is 23.1 Å². The van der Waals surface area contributed by atoms with Crippen LogP contribution < -0.4 is 5.32 Å². The third-order valence-corrected chi connectivity index (χ3v) is 3.77. The van der Waals surface area contributed by atoms with E-state index in [1.807, 2.05) is 0 Å². The standard InChI is InChI=1S/C14H7ClF2N4OS/c15-11-7(3-2-6-18-11)13(22)20-14-19-12(21-23-14)10-8(16)4-1-5-9(10)17/h1-6H,(H,19,20,21,22). The normalized spacial score (nSPS) is 10.6. The van der Waals surface area contributed by atoms with E-state index in [4.69, 9.17) is 11.6 Å². The molecule has 0 unspecified atom stereocenters. The van der Waals surface area contributed by atoms with Gasteiger partial charge < -0.3 is 0 Å². The van der Waals surface area contributed by atoms with Crippen molar-refractivity contribution >= 4 is 34.2 Å². The molecular formula is C14H7ClF2N4OS. The average molecular weight is 353 g/mol. The van der Waals surface area contributed by atoms with Gasteiger partial charge in [0.15, 0.2) is 5.82 Å². The van der Waals surface area contributed by atoms with Crippen molar-refractivity contribution in [2.75, 3.05) is 5.32 Å². The van der Waals surface area contributed by atoms with E-state index in [-0.39, 0.29) is 27.2 Å². The number of rotatable bonds is 3. The second-order valence-corrected chi connectivity index (χ2v) is 5.43. The van der Waals surface area contributed by atoms with E-state index in [1.165, 1.54) is 18.3 Å². The summed E-state index contributed by atoms with van der Waals surface area (Å²) in [4.78, 5) is 19.8. The first-order valence-electron chi connectivity index (χ1n) is 6.26. The zero-order valence-corrected chi connectivity index (χ0v) is 12.8. The molecule has 116 valence electrons. The van der Waals surface area contributed by atoms with Crippen LogP contribution in [0.2, 0.25) is 5.15 Å². The first-order chi connectivity index (χ1) is 11.1. The number of amides is 1. The molecule has 3 aromatic rings. The molecule has 0 aliphatic heterocycles. The van der Waals surface area contributed by atoms with Gasteiger partial charge in [0.1, 0.15) is 16.8 Å². The number of anilines is 1. The third kappa shape index (κ3) is 3.17. The molecule has 0 radical (unpaired) electrons. The number of hydrogen-bond donors (Lipinski definition) is 1. The molecule has 1 N–H and O–H groups in total. The topological polar surface area (TPSA) is 67.8 Å². The van der Waals surface area contributed by atoms with Crippen molar-refractivity contribution in [2.45, 2.75) is 0 Å². The molecule has 1 aromatic carbocycles. The monoisotopic (exact) mass is 352 g/mol. The zero-order valence-electron chi connectivity index (χ0n) is 11.3. The molecule has 1 amide bonds. The summed E-state index contributed by atoms with van der Waals surface area (Å²) < 4.78 is 31.3. The van der Waals surface area contributed by atoms with E-state index < -0.39 is 17.5 Å². The fraction of sp³-hybridized carbons (Fsp3) is 0. The Hall–Kier alpha value is -2.45. The van der Waals surface area contributed by atoms with Crippen LogP contribution in [0.3, 0.4) is 0 Å². The number of nitrogens with zero attached hydrogens (tertiary/aromatic N) is 3. The molecule has 0 spiro atoms. The van der Waals surface area contributed by atoms with Gasteiger partial charge in [-0.2, -0.15) is 9.36 Å². The molecule has 0 aliphatic carbocycles. The quantitative estimate of drug-likeness (QED) is 0.728.